The summed E-state index contributed by atoms with van der Waals surface area (Å²) in [5.74, 6) is -0.200. The van der Waals surface area contributed by atoms with Gasteiger partial charge in [-0.3, -0.25) is 0 Å². The van der Waals surface area contributed by atoms with Crippen LogP contribution in [0.1, 0.15) is 24.6 Å². The van der Waals surface area contributed by atoms with Gasteiger partial charge >= 0.3 is 6.18 Å². The normalized spacial score (nSPS) is 15.1. The van der Waals surface area contributed by atoms with Crippen LogP contribution in [0.25, 0.3) is 22.3 Å². The first kappa shape index (κ1) is 26.7. The number of nitriles is 1. The van der Waals surface area contributed by atoms with Crippen molar-refractivity contribution in [1.29, 1.82) is 5.26 Å². The molecule has 0 aliphatic carbocycles. The van der Waals surface area contributed by atoms with Crippen molar-refractivity contribution in [2.75, 3.05) is 45.9 Å². The summed E-state index contributed by atoms with van der Waals surface area (Å²) < 4.78 is 48.8. The molecule has 0 atom stereocenters. The summed E-state index contributed by atoms with van der Waals surface area (Å²) >= 11 is 0. The molecule has 0 bridgehead atoms. The Hall–Kier alpha value is -2.87. The van der Waals surface area contributed by atoms with Crippen LogP contribution < -0.4 is 4.74 Å². The summed E-state index contributed by atoms with van der Waals surface area (Å²) in [7, 11) is 1.75. The van der Waals surface area contributed by atoms with Gasteiger partial charge in [-0.25, -0.2) is 9.97 Å². The highest BCUT2D eigenvalue weighted by atomic mass is 35.5. The summed E-state index contributed by atoms with van der Waals surface area (Å²) in [5, 5.41) is 9.42. The van der Waals surface area contributed by atoms with Crippen LogP contribution in [0.4, 0.5) is 13.2 Å². The van der Waals surface area contributed by atoms with Crippen LogP contribution in [0.15, 0.2) is 30.6 Å². The van der Waals surface area contributed by atoms with E-state index < -0.39 is 11.7 Å². The SMILES string of the molecule is CCN1CCN(CCCOc2ccc(-c3cc4c(ncn4C)c(C#N)n3)cc2C(F)(F)F)CC1.Cl. The number of ether oxygens (including phenoxy) is 1. The van der Waals surface area contributed by atoms with E-state index in [9.17, 15) is 18.4 Å². The van der Waals surface area contributed by atoms with Crippen molar-refractivity contribution in [3.8, 4) is 23.1 Å². The van der Waals surface area contributed by atoms with E-state index in [1.54, 1.807) is 30.1 Å². The molecule has 0 radical (unpaired) electrons. The van der Waals surface area contributed by atoms with Gasteiger partial charge in [-0.2, -0.15) is 18.4 Å². The van der Waals surface area contributed by atoms with Gasteiger partial charge in [0, 0.05) is 45.3 Å². The fourth-order valence-corrected chi connectivity index (χ4v) is 4.19. The maximum Gasteiger partial charge on any atom is 0.419 e. The number of aromatic nitrogens is 3. The molecule has 35 heavy (non-hydrogen) atoms. The lowest BCUT2D eigenvalue weighted by Gasteiger charge is -2.33. The van der Waals surface area contributed by atoms with Crippen molar-refractivity contribution >= 4 is 23.4 Å². The maximum atomic E-state index is 13.8. The number of benzene rings is 1. The van der Waals surface area contributed by atoms with Crippen LogP contribution in [0.5, 0.6) is 5.75 Å². The standard InChI is InChI=1S/C24H27F3N6O.ClH/c1-3-32-8-10-33(11-9-32)7-4-12-34-22-6-5-17(13-18(22)24(25,26)27)19-14-21-23(20(15-28)30-19)29-16-31(21)2;/h5-6,13-14,16H,3-4,7-12H2,1-2H3;1H. The van der Waals surface area contributed by atoms with E-state index in [1.807, 2.05) is 6.07 Å². The zero-order chi connectivity index (χ0) is 24.3. The number of alkyl halides is 3. The number of nitrogens with zero attached hydrogens (tertiary/aromatic N) is 6. The van der Waals surface area contributed by atoms with Crippen molar-refractivity contribution in [3.63, 3.8) is 0 Å². The Morgan fingerprint density at radius 2 is 1.83 bits per heavy atom. The van der Waals surface area contributed by atoms with Crippen LogP contribution in [0, 0.1) is 11.3 Å². The zero-order valence-electron chi connectivity index (χ0n) is 19.7. The van der Waals surface area contributed by atoms with Crippen LogP contribution >= 0.6 is 12.4 Å². The number of aryl methyl sites for hydroxylation is 1. The Morgan fingerprint density at radius 3 is 2.49 bits per heavy atom. The van der Waals surface area contributed by atoms with E-state index in [4.69, 9.17) is 4.74 Å². The predicted molar refractivity (Wildman–Crippen MR) is 130 cm³/mol. The number of fused-ring (bicyclic) bond motifs is 1. The number of hydrogen-bond acceptors (Lipinski definition) is 6. The molecular formula is C24H28ClF3N6O. The van der Waals surface area contributed by atoms with Gasteiger partial charge in [0.05, 0.1) is 29.7 Å². The molecule has 1 aliphatic heterocycles. The molecule has 0 amide bonds. The second kappa shape index (κ2) is 11.2. The Morgan fingerprint density at radius 1 is 1.11 bits per heavy atom. The fourth-order valence-electron chi connectivity index (χ4n) is 4.19. The summed E-state index contributed by atoms with van der Waals surface area (Å²) in [6, 6.07) is 7.52. The lowest BCUT2D eigenvalue weighted by molar-refractivity contribution is -0.138. The van der Waals surface area contributed by atoms with Crippen molar-refractivity contribution in [2.45, 2.75) is 19.5 Å². The first-order valence-electron chi connectivity index (χ1n) is 11.3. The van der Waals surface area contributed by atoms with Crippen LogP contribution in [-0.4, -0.2) is 70.2 Å². The van der Waals surface area contributed by atoms with E-state index >= 15 is 0 Å². The van der Waals surface area contributed by atoms with E-state index in [1.165, 1.54) is 6.07 Å². The lowest BCUT2D eigenvalue weighted by Crippen LogP contribution is -2.46. The second-order valence-electron chi connectivity index (χ2n) is 8.38. The Balaban J connectivity index is 0.00000342. The molecule has 0 spiro atoms. The summed E-state index contributed by atoms with van der Waals surface area (Å²) in [6.45, 7) is 8.15. The number of halogens is 4. The number of pyridine rings is 1. The van der Waals surface area contributed by atoms with E-state index in [0.717, 1.165) is 45.3 Å². The van der Waals surface area contributed by atoms with Crippen LogP contribution in [0.2, 0.25) is 0 Å². The van der Waals surface area contributed by atoms with Crippen molar-refractivity contribution < 1.29 is 17.9 Å². The zero-order valence-corrected chi connectivity index (χ0v) is 20.5. The minimum Gasteiger partial charge on any atom is -0.493 e. The lowest BCUT2D eigenvalue weighted by atomic mass is 10.1. The Labute approximate surface area is 208 Å². The van der Waals surface area contributed by atoms with E-state index in [0.29, 0.717) is 17.5 Å². The fraction of sp³-hybridized carbons (Fsp3) is 0.458. The van der Waals surface area contributed by atoms with Crippen molar-refractivity contribution in [3.05, 3.63) is 41.9 Å². The smallest absolute Gasteiger partial charge is 0.419 e. The van der Waals surface area contributed by atoms with E-state index in [-0.39, 0.29) is 41.7 Å². The van der Waals surface area contributed by atoms with Crippen LogP contribution in [0.3, 0.4) is 0 Å². The predicted octanol–water partition coefficient (Wildman–Crippen LogP) is 4.35. The minimum absolute atomic E-state index is 0. The number of hydrogen-bond donors (Lipinski definition) is 0. The molecule has 188 valence electrons. The van der Waals surface area contributed by atoms with Gasteiger partial charge in [-0.15, -0.1) is 12.4 Å². The van der Waals surface area contributed by atoms with Gasteiger partial charge in [-0.1, -0.05) is 6.92 Å². The molecule has 0 N–H and O–H groups in total. The highest BCUT2D eigenvalue weighted by molar-refractivity contribution is 5.85. The first-order chi connectivity index (χ1) is 16.3. The molecule has 1 aromatic carbocycles. The largest absolute Gasteiger partial charge is 0.493 e. The van der Waals surface area contributed by atoms with Gasteiger partial charge in [0.2, 0.25) is 0 Å². The maximum absolute atomic E-state index is 13.8. The molecule has 0 saturated carbocycles. The molecule has 1 aliphatic rings. The quantitative estimate of drug-likeness (QED) is 0.442. The molecule has 4 rings (SSSR count). The number of imidazole rings is 1. The molecule has 1 saturated heterocycles. The number of rotatable bonds is 7. The van der Waals surface area contributed by atoms with Gasteiger partial charge in [0.1, 0.15) is 17.3 Å². The molecule has 1 fully saturated rings. The Kier molecular flexibility index (Phi) is 8.59. The summed E-state index contributed by atoms with van der Waals surface area (Å²) in [4.78, 5) is 13.1. The Bertz CT molecular complexity index is 1200. The third-order valence-corrected chi connectivity index (χ3v) is 6.19. The molecule has 3 aromatic rings. The highest BCUT2D eigenvalue weighted by Crippen LogP contribution is 2.39. The van der Waals surface area contributed by atoms with Gasteiger partial charge in [-0.05, 0) is 37.2 Å². The highest BCUT2D eigenvalue weighted by Gasteiger charge is 2.35. The summed E-state index contributed by atoms with van der Waals surface area (Å²) in [6.07, 6.45) is -2.40. The molecule has 3 heterocycles. The van der Waals surface area contributed by atoms with Gasteiger partial charge in [0.15, 0.2) is 5.69 Å². The number of piperazine rings is 1. The molecule has 11 heteroatoms. The third-order valence-electron chi connectivity index (χ3n) is 6.19. The molecular weight excluding hydrogens is 481 g/mol. The summed E-state index contributed by atoms with van der Waals surface area (Å²) in [5.41, 5.74) is 0.786. The minimum atomic E-state index is -4.59. The van der Waals surface area contributed by atoms with Gasteiger partial charge in [0.25, 0.3) is 0 Å². The van der Waals surface area contributed by atoms with Crippen LogP contribution in [-0.2, 0) is 13.2 Å². The molecule has 2 aromatic heterocycles. The van der Waals surface area contributed by atoms with Crippen molar-refractivity contribution in [1.82, 2.24) is 24.3 Å². The molecule has 7 nitrogen and oxygen atoms in total. The average Bonchev–Trinajstić information content (AvgIpc) is 3.21. The van der Waals surface area contributed by atoms with Gasteiger partial charge < -0.3 is 19.1 Å². The second-order valence-corrected chi connectivity index (χ2v) is 8.38. The average molecular weight is 509 g/mol. The van der Waals surface area contributed by atoms with E-state index in [2.05, 4.69) is 26.7 Å². The van der Waals surface area contributed by atoms with Crippen molar-refractivity contribution in [2.24, 2.45) is 7.05 Å². The number of likely N-dealkylation sites (N-methyl/N-ethyl adjacent to an activating group) is 1. The third kappa shape index (κ3) is 6.04. The topological polar surface area (TPSA) is 70.2 Å². The monoisotopic (exact) mass is 508 g/mol. The molecule has 0 unspecified atom stereocenters. The first-order valence-corrected chi connectivity index (χ1v) is 11.3.